The third-order valence-corrected chi connectivity index (χ3v) is 3.40. The largest absolute Gasteiger partial charge is 0.293 e. The molecule has 86 valence electrons. The van der Waals surface area contributed by atoms with Crippen LogP contribution in [-0.2, 0) is 0 Å². The van der Waals surface area contributed by atoms with Crippen molar-refractivity contribution in [1.82, 2.24) is 0 Å². The molecule has 3 heteroatoms. The van der Waals surface area contributed by atoms with Gasteiger partial charge in [-0.25, -0.2) is 4.39 Å². The normalized spacial score (nSPS) is 12.1. The number of alkyl halides is 1. The second-order valence-electron chi connectivity index (χ2n) is 3.64. The molecule has 1 atom stereocenters. The van der Waals surface area contributed by atoms with Crippen LogP contribution < -0.4 is 0 Å². The number of carbonyl (C=O) groups is 1. The number of halogens is 2. The van der Waals surface area contributed by atoms with E-state index in [0.717, 1.165) is 5.56 Å². The van der Waals surface area contributed by atoms with Gasteiger partial charge in [-0.2, -0.15) is 0 Å². The Hall–Kier alpha value is -1.48. The average molecular weight is 293 g/mol. The molecule has 0 aromatic heterocycles. The first-order chi connectivity index (χ1) is 8.18. The highest BCUT2D eigenvalue weighted by Gasteiger charge is 2.18. The monoisotopic (exact) mass is 292 g/mol. The second kappa shape index (κ2) is 5.23. The summed E-state index contributed by atoms with van der Waals surface area (Å²) in [4.78, 5) is 11.7. The summed E-state index contributed by atoms with van der Waals surface area (Å²) in [5.41, 5.74) is 1.39. The first-order valence-electron chi connectivity index (χ1n) is 5.17. The minimum absolute atomic E-state index is 0.0730. The minimum atomic E-state index is -0.394. The smallest absolute Gasteiger partial charge is 0.180 e. The van der Waals surface area contributed by atoms with Gasteiger partial charge < -0.3 is 0 Å². The van der Waals surface area contributed by atoms with E-state index in [-0.39, 0.29) is 11.6 Å². The molecule has 0 spiro atoms. The molecule has 0 N–H and O–H groups in total. The van der Waals surface area contributed by atoms with Crippen molar-refractivity contribution < 1.29 is 9.18 Å². The maximum absolute atomic E-state index is 12.8. The van der Waals surface area contributed by atoms with Crippen molar-refractivity contribution in [3.63, 3.8) is 0 Å². The van der Waals surface area contributed by atoms with Gasteiger partial charge in [0.05, 0.1) is 0 Å². The predicted molar refractivity (Wildman–Crippen MR) is 68.8 cm³/mol. The maximum Gasteiger partial charge on any atom is 0.180 e. The number of hydrogen-bond donors (Lipinski definition) is 0. The fraction of sp³-hybridized carbons (Fsp3) is 0.0714. The summed E-state index contributed by atoms with van der Waals surface area (Å²) in [6.07, 6.45) is 0. The molecule has 0 unspecified atom stereocenters. The second-order valence-corrected chi connectivity index (χ2v) is 4.56. The van der Waals surface area contributed by atoms with Gasteiger partial charge in [-0.05, 0) is 29.8 Å². The minimum Gasteiger partial charge on any atom is -0.293 e. The SMILES string of the molecule is O=C(c1ccc(F)cc1)[C@H](Br)c1ccccc1. The Morgan fingerprint density at radius 1 is 1.00 bits per heavy atom. The summed E-state index contributed by atoms with van der Waals surface area (Å²) < 4.78 is 12.8. The fourth-order valence-electron chi connectivity index (χ4n) is 1.53. The van der Waals surface area contributed by atoms with Crippen molar-refractivity contribution in [1.29, 1.82) is 0 Å². The fourth-order valence-corrected chi connectivity index (χ4v) is 2.10. The van der Waals surface area contributed by atoms with E-state index < -0.39 is 4.83 Å². The molecule has 0 amide bonds. The van der Waals surface area contributed by atoms with E-state index in [0.29, 0.717) is 5.56 Å². The number of hydrogen-bond acceptors (Lipinski definition) is 1. The highest BCUT2D eigenvalue weighted by atomic mass is 79.9. The van der Waals surface area contributed by atoms with Crippen LogP contribution in [0.25, 0.3) is 0 Å². The van der Waals surface area contributed by atoms with E-state index in [1.54, 1.807) is 0 Å². The van der Waals surface area contributed by atoms with Crippen LogP contribution in [0.3, 0.4) is 0 Å². The van der Waals surface area contributed by atoms with Crippen molar-refractivity contribution in [2.24, 2.45) is 0 Å². The summed E-state index contributed by atoms with van der Waals surface area (Å²) in [5.74, 6) is -0.413. The number of ketones is 1. The molecule has 0 saturated carbocycles. The van der Waals surface area contributed by atoms with Crippen LogP contribution in [0.5, 0.6) is 0 Å². The first kappa shape index (κ1) is 12.0. The molecule has 0 aliphatic heterocycles. The zero-order valence-electron chi connectivity index (χ0n) is 8.94. The molecular formula is C14H10BrFO. The standard InChI is InChI=1S/C14H10BrFO/c15-13(10-4-2-1-3-5-10)14(17)11-6-8-12(16)9-7-11/h1-9,13H/t13-/m1/s1. The van der Waals surface area contributed by atoms with Crippen molar-refractivity contribution in [3.05, 3.63) is 71.5 Å². The van der Waals surface area contributed by atoms with Crippen molar-refractivity contribution in [2.45, 2.75) is 4.83 Å². The molecule has 17 heavy (non-hydrogen) atoms. The molecular weight excluding hydrogens is 283 g/mol. The Labute approximate surface area is 107 Å². The number of rotatable bonds is 3. The van der Waals surface area contributed by atoms with Gasteiger partial charge in [0.15, 0.2) is 5.78 Å². The van der Waals surface area contributed by atoms with Crippen molar-refractivity contribution in [2.75, 3.05) is 0 Å². The highest BCUT2D eigenvalue weighted by Crippen LogP contribution is 2.26. The summed E-state index contributed by atoms with van der Waals surface area (Å²) in [7, 11) is 0. The Kier molecular flexibility index (Phi) is 3.69. The Balaban J connectivity index is 2.23. The Bertz CT molecular complexity index is 508. The van der Waals surface area contributed by atoms with Gasteiger partial charge in [0.1, 0.15) is 10.6 Å². The van der Waals surface area contributed by atoms with Crippen LogP contribution in [0.4, 0.5) is 4.39 Å². The van der Waals surface area contributed by atoms with Gasteiger partial charge >= 0.3 is 0 Å². The van der Waals surface area contributed by atoms with E-state index in [2.05, 4.69) is 15.9 Å². The number of benzene rings is 2. The summed E-state index contributed by atoms with van der Waals surface area (Å²) in [6.45, 7) is 0. The van der Waals surface area contributed by atoms with E-state index in [4.69, 9.17) is 0 Å². The summed E-state index contributed by atoms with van der Waals surface area (Å²) in [5, 5.41) is 0. The van der Waals surface area contributed by atoms with Gasteiger partial charge in [0.2, 0.25) is 0 Å². The van der Waals surface area contributed by atoms with Crippen LogP contribution in [-0.4, -0.2) is 5.78 Å². The van der Waals surface area contributed by atoms with Gasteiger partial charge in [-0.15, -0.1) is 0 Å². The molecule has 0 radical (unpaired) electrons. The molecule has 0 fully saturated rings. The third-order valence-electron chi connectivity index (χ3n) is 2.45. The Morgan fingerprint density at radius 3 is 2.18 bits per heavy atom. The van der Waals surface area contributed by atoms with Crippen LogP contribution >= 0.6 is 15.9 Å². The molecule has 2 aromatic rings. The van der Waals surface area contributed by atoms with E-state index >= 15 is 0 Å². The lowest BCUT2D eigenvalue weighted by molar-refractivity contribution is 0.0991. The van der Waals surface area contributed by atoms with E-state index in [1.807, 2.05) is 30.3 Å². The highest BCUT2D eigenvalue weighted by molar-refractivity contribution is 9.09. The molecule has 1 nitrogen and oxygen atoms in total. The molecule has 0 aliphatic rings. The number of carbonyl (C=O) groups excluding carboxylic acids is 1. The van der Waals surface area contributed by atoms with Crippen LogP contribution in [0.15, 0.2) is 54.6 Å². The average Bonchev–Trinajstić information content (AvgIpc) is 2.39. The molecule has 0 aliphatic carbocycles. The van der Waals surface area contributed by atoms with Gasteiger partial charge in [0.25, 0.3) is 0 Å². The molecule has 0 saturated heterocycles. The lowest BCUT2D eigenvalue weighted by Gasteiger charge is -2.08. The summed E-state index contributed by atoms with van der Waals surface area (Å²) >= 11 is 3.36. The van der Waals surface area contributed by atoms with Crippen LogP contribution in [0.2, 0.25) is 0 Å². The molecule has 0 bridgehead atoms. The summed E-state index contributed by atoms with van der Waals surface area (Å²) in [6, 6.07) is 15.0. The quantitative estimate of drug-likeness (QED) is 0.614. The predicted octanol–water partition coefficient (Wildman–Crippen LogP) is 4.14. The maximum atomic E-state index is 12.8. The lowest BCUT2D eigenvalue weighted by atomic mass is 10.0. The van der Waals surface area contributed by atoms with Crippen LogP contribution in [0.1, 0.15) is 20.7 Å². The van der Waals surface area contributed by atoms with Gasteiger partial charge in [-0.1, -0.05) is 46.3 Å². The molecule has 2 aromatic carbocycles. The van der Waals surface area contributed by atoms with E-state index in [1.165, 1.54) is 24.3 Å². The van der Waals surface area contributed by atoms with Crippen molar-refractivity contribution in [3.8, 4) is 0 Å². The third kappa shape index (κ3) is 2.80. The first-order valence-corrected chi connectivity index (χ1v) is 6.09. The number of Topliss-reactive ketones (excluding diaryl/α,β-unsaturated/α-hetero) is 1. The molecule has 0 heterocycles. The molecule has 2 rings (SSSR count). The lowest BCUT2D eigenvalue weighted by Crippen LogP contribution is -2.06. The topological polar surface area (TPSA) is 17.1 Å². The van der Waals surface area contributed by atoms with Crippen molar-refractivity contribution >= 4 is 21.7 Å². The van der Waals surface area contributed by atoms with Gasteiger partial charge in [-0.3, -0.25) is 4.79 Å². The van der Waals surface area contributed by atoms with E-state index in [9.17, 15) is 9.18 Å². The Morgan fingerprint density at radius 2 is 1.59 bits per heavy atom. The zero-order valence-corrected chi connectivity index (χ0v) is 10.5. The van der Waals surface area contributed by atoms with Crippen LogP contribution in [0, 0.1) is 5.82 Å². The zero-order chi connectivity index (χ0) is 12.3. The van der Waals surface area contributed by atoms with Gasteiger partial charge in [0, 0.05) is 5.56 Å².